The lowest BCUT2D eigenvalue weighted by Crippen LogP contribution is -2.47. The van der Waals surface area contributed by atoms with Crippen LogP contribution in [0.3, 0.4) is 0 Å². The number of hydrogen-bond donors (Lipinski definition) is 2. The standard InChI is InChI=1S/C23H32ClN3O/c1-19(17-27(2)3)16-23(20-10-6-4-7-11-20,21-12-8-5-9-13-21)18-26-22(28)25-15-14-24/h4-13,19H,14-18H2,1-3H3,(H2,25,26,28). The number of hydrogen-bond acceptors (Lipinski definition) is 2. The van der Waals surface area contributed by atoms with E-state index in [4.69, 9.17) is 11.6 Å². The predicted octanol–water partition coefficient (Wildman–Crippen LogP) is 4.10. The summed E-state index contributed by atoms with van der Waals surface area (Å²) in [7, 11) is 4.20. The Kier molecular flexibility index (Phi) is 8.81. The Morgan fingerprint density at radius 3 is 2.00 bits per heavy atom. The van der Waals surface area contributed by atoms with Gasteiger partial charge in [-0.15, -0.1) is 11.6 Å². The average molecular weight is 402 g/mol. The highest BCUT2D eigenvalue weighted by Gasteiger charge is 2.36. The molecule has 0 spiro atoms. The lowest BCUT2D eigenvalue weighted by Gasteiger charge is -2.38. The summed E-state index contributed by atoms with van der Waals surface area (Å²) in [5.74, 6) is 0.846. The Bertz CT molecular complexity index is 667. The van der Waals surface area contributed by atoms with E-state index in [1.807, 2.05) is 12.1 Å². The van der Waals surface area contributed by atoms with Crippen molar-refractivity contribution in [2.45, 2.75) is 18.8 Å². The molecule has 0 saturated carbocycles. The van der Waals surface area contributed by atoms with Crippen LogP contribution in [-0.4, -0.2) is 50.5 Å². The van der Waals surface area contributed by atoms with Crippen molar-refractivity contribution < 1.29 is 4.79 Å². The van der Waals surface area contributed by atoms with Crippen molar-refractivity contribution in [2.75, 3.05) is 39.6 Å². The first-order valence-electron chi connectivity index (χ1n) is 9.81. The van der Waals surface area contributed by atoms with Crippen LogP contribution < -0.4 is 10.6 Å². The smallest absolute Gasteiger partial charge is 0.314 e. The van der Waals surface area contributed by atoms with Crippen LogP contribution in [0.5, 0.6) is 0 Å². The zero-order chi connectivity index (χ0) is 20.4. The van der Waals surface area contributed by atoms with Gasteiger partial charge in [0, 0.05) is 30.9 Å². The number of alkyl halides is 1. The largest absolute Gasteiger partial charge is 0.337 e. The van der Waals surface area contributed by atoms with E-state index in [0.717, 1.165) is 13.0 Å². The number of amides is 2. The second kappa shape index (κ2) is 11.1. The van der Waals surface area contributed by atoms with Crippen LogP contribution in [0.1, 0.15) is 24.5 Å². The third-order valence-electron chi connectivity index (χ3n) is 4.96. The predicted molar refractivity (Wildman–Crippen MR) is 118 cm³/mol. The molecule has 2 amide bonds. The molecule has 2 N–H and O–H groups in total. The zero-order valence-corrected chi connectivity index (χ0v) is 17.9. The van der Waals surface area contributed by atoms with Gasteiger partial charge in [-0.25, -0.2) is 4.79 Å². The number of urea groups is 1. The maximum absolute atomic E-state index is 12.3. The molecule has 0 heterocycles. The van der Waals surface area contributed by atoms with Gasteiger partial charge in [-0.2, -0.15) is 0 Å². The molecule has 152 valence electrons. The number of nitrogens with zero attached hydrogens (tertiary/aromatic N) is 1. The van der Waals surface area contributed by atoms with Crippen molar-refractivity contribution in [3.8, 4) is 0 Å². The van der Waals surface area contributed by atoms with Gasteiger partial charge in [0.15, 0.2) is 0 Å². The van der Waals surface area contributed by atoms with E-state index in [1.54, 1.807) is 0 Å². The van der Waals surface area contributed by atoms with E-state index in [1.165, 1.54) is 11.1 Å². The summed E-state index contributed by atoms with van der Waals surface area (Å²) in [6, 6.07) is 20.8. The molecule has 4 nitrogen and oxygen atoms in total. The van der Waals surface area contributed by atoms with E-state index < -0.39 is 0 Å². The summed E-state index contributed by atoms with van der Waals surface area (Å²) >= 11 is 5.70. The molecule has 0 radical (unpaired) electrons. The Labute approximate surface area is 174 Å². The number of halogens is 1. The molecule has 5 heteroatoms. The second-order valence-electron chi connectivity index (χ2n) is 7.68. The summed E-state index contributed by atoms with van der Waals surface area (Å²) in [4.78, 5) is 14.5. The van der Waals surface area contributed by atoms with Crippen LogP contribution in [-0.2, 0) is 5.41 Å². The van der Waals surface area contributed by atoms with Crippen molar-refractivity contribution in [1.82, 2.24) is 15.5 Å². The SMILES string of the molecule is CC(CN(C)C)CC(CNC(=O)NCCCl)(c1ccccc1)c1ccccc1. The molecule has 0 aliphatic rings. The van der Waals surface area contributed by atoms with Gasteiger partial charge >= 0.3 is 6.03 Å². The Morgan fingerprint density at radius 1 is 1.00 bits per heavy atom. The van der Waals surface area contributed by atoms with Crippen molar-refractivity contribution in [3.63, 3.8) is 0 Å². The summed E-state index contributed by atoms with van der Waals surface area (Å²) in [6.07, 6.45) is 0.926. The molecule has 0 fully saturated rings. The van der Waals surface area contributed by atoms with E-state index in [9.17, 15) is 4.79 Å². The first-order chi connectivity index (χ1) is 13.5. The maximum atomic E-state index is 12.3. The van der Waals surface area contributed by atoms with Gasteiger partial charge in [0.25, 0.3) is 0 Å². The van der Waals surface area contributed by atoms with Crippen molar-refractivity contribution in [2.24, 2.45) is 5.92 Å². The minimum absolute atomic E-state index is 0.183. The van der Waals surface area contributed by atoms with Crippen LogP contribution in [0.15, 0.2) is 60.7 Å². The zero-order valence-electron chi connectivity index (χ0n) is 17.1. The molecule has 2 aromatic carbocycles. The molecule has 1 unspecified atom stereocenters. The summed E-state index contributed by atoms with van der Waals surface area (Å²) in [5.41, 5.74) is 2.12. The summed E-state index contributed by atoms with van der Waals surface area (Å²) in [6.45, 7) is 4.23. The van der Waals surface area contributed by atoms with Crippen LogP contribution in [0.2, 0.25) is 0 Å². The third-order valence-corrected chi connectivity index (χ3v) is 5.15. The van der Waals surface area contributed by atoms with E-state index in [-0.39, 0.29) is 11.4 Å². The van der Waals surface area contributed by atoms with Gasteiger partial charge in [0.2, 0.25) is 0 Å². The molecular formula is C23H32ClN3O. The molecule has 2 aromatic rings. The molecule has 0 bridgehead atoms. The Morgan fingerprint density at radius 2 is 1.54 bits per heavy atom. The van der Waals surface area contributed by atoms with Crippen molar-refractivity contribution in [3.05, 3.63) is 71.8 Å². The molecule has 2 rings (SSSR count). The fraction of sp³-hybridized carbons (Fsp3) is 0.435. The highest BCUT2D eigenvalue weighted by atomic mass is 35.5. The van der Waals surface area contributed by atoms with Gasteiger partial charge in [0.05, 0.1) is 0 Å². The fourth-order valence-electron chi connectivity index (χ4n) is 3.93. The average Bonchev–Trinajstić information content (AvgIpc) is 2.70. The van der Waals surface area contributed by atoms with Crippen molar-refractivity contribution in [1.29, 1.82) is 0 Å². The molecular weight excluding hydrogens is 370 g/mol. The Balaban J connectivity index is 2.41. The van der Waals surface area contributed by atoms with Crippen LogP contribution >= 0.6 is 11.6 Å². The quantitative estimate of drug-likeness (QED) is 0.588. The fourth-order valence-corrected chi connectivity index (χ4v) is 4.02. The monoisotopic (exact) mass is 401 g/mol. The summed E-state index contributed by atoms with van der Waals surface area (Å²) < 4.78 is 0. The number of rotatable bonds is 10. The van der Waals surface area contributed by atoms with Crippen LogP contribution in [0.4, 0.5) is 4.79 Å². The van der Waals surface area contributed by atoms with Gasteiger partial charge in [-0.3, -0.25) is 0 Å². The third kappa shape index (κ3) is 6.25. The lowest BCUT2D eigenvalue weighted by molar-refractivity contribution is 0.235. The minimum Gasteiger partial charge on any atom is -0.337 e. The number of nitrogens with one attached hydrogen (secondary N) is 2. The second-order valence-corrected chi connectivity index (χ2v) is 8.06. The normalized spacial score (nSPS) is 12.6. The van der Waals surface area contributed by atoms with Gasteiger partial charge in [0.1, 0.15) is 0 Å². The topological polar surface area (TPSA) is 44.4 Å². The minimum atomic E-state index is -0.309. The van der Waals surface area contributed by atoms with E-state index in [2.05, 4.69) is 85.1 Å². The number of carbonyl (C=O) groups is 1. The number of benzene rings is 2. The van der Waals surface area contributed by atoms with Gasteiger partial charge < -0.3 is 15.5 Å². The maximum Gasteiger partial charge on any atom is 0.314 e. The van der Waals surface area contributed by atoms with Gasteiger partial charge in [-0.1, -0.05) is 67.6 Å². The Hall–Kier alpha value is -2.04. The number of carbonyl (C=O) groups excluding carboxylic acids is 1. The summed E-state index contributed by atoms with van der Waals surface area (Å²) in [5, 5.41) is 5.89. The first kappa shape index (κ1) is 22.3. The highest BCUT2D eigenvalue weighted by molar-refractivity contribution is 6.18. The molecule has 0 aromatic heterocycles. The molecule has 0 aliphatic carbocycles. The van der Waals surface area contributed by atoms with E-state index >= 15 is 0 Å². The molecule has 0 aliphatic heterocycles. The lowest BCUT2D eigenvalue weighted by atomic mass is 9.69. The molecule has 1 atom stereocenters. The van der Waals surface area contributed by atoms with Crippen LogP contribution in [0, 0.1) is 5.92 Å². The highest BCUT2D eigenvalue weighted by Crippen LogP contribution is 2.38. The molecule has 0 saturated heterocycles. The first-order valence-corrected chi connectivity index (χ1v) is 10.3. The van der Waals surface area contributed by atoms with E-state index in [0.29, 0.717) is 24.9 Å². The van der Waals surface area contributed by atoms with Crippen molar-refractivity contribution >= 4 is 17.6 Å². The molecule has 28 heavy (non-hydrogen) atoms. The van der Waals surface area contributed by atoms with Crippen LogP contribution in [0.25, 0.3) is 0 Å². The van der Waals surface area contributed by atoms with Gasteiger partial charge in [-0.05, 0) is 37.6 Å².